The van der Waals surface area contributed by atoms with Gasteiger partial charge in [-0.25, -0.2) is 0 Å². The molecule has 52 heavy (non-hydrogen) atoms. The number of hydrogen-bond acceptors (Lipinski definition) is 11. The van der Waals surface area contributed by atoms with Crippen molar-refractivity contribution < 1.29 is 37.1 Å². The van der Waals surface area contributed by atoms with Crippen LogP contribution in [0.5, 0.6) is 0 Å². The third-order valence-electron chi connectivity index (χ3n) is 8.94. The van der Waals surface area contributed by atoms with Crippen molar-refractivity contribution >= 4 is 71.9 Å². The molecule has 0 unspecified atom stereocenters. The van der Waals surface area contributed by atoms with Gasteiger partial charge in [-0.1, -0.05) is 30.3 Å². The number of nitro groups is 1. The van der Waals surface area contributed by atoms with E-state index in [9.17, 15) is 37.7 Å². The van der Waals surface area contributed by atoms with Crippen LogP contribution in [-0.2, 0) is 10.1 Å². The summed E-state index contributed by atoms with van der Waals surface area (Å²) in [5.74, 6) is -1.70. The van der Waals surface area contributed by atoms with E-state index in [1.54, 1.807) is 43.5 Å². The fraction of sp³-hybridized carbons (Fsp3) is 0.250. The Morgan fingerprint density at radius 3 is 1.83 bits per heavy atom. The summed E-state index contributed by atoms with van der Waals surface area (Å²) in [6, 6.07) is 17.5. The summed E-state index contributed by atoms with van der Waals surface area (Å²) >= 11 is 0. The molecule has 16 heteroatoms. The molecule has 0 radical (unpaired) electrons. The number of pyridine rings is 1. The predicted octanol–water partition coefficient (Wildman–Crippen LogP) is 3.80. The summed E-state index contributed by atoms with van der Waals surface area (Å²) in [7, 11) is -3.67. The third-order valence-corrected chi connectivity index (χ3v) is 8.94. The van der Waals surface area contributed by atoms with Crippen LogP contribution >= 0.6 is 0 Å². The van der Waals surface area contributed by atoms with Crippen molar-refractivity contribution in [3.63, 3.8) is 0 Å². The van der Waals surface area contributed by atoms with E-state index < -0.39 is 38.9 Å². The van der Waals surface area contributed by atoms with Gasteiger partial charge in [0.1, 0.15) is 0 Å². The Morgan fingerprint density at radius 1 is 0.750 bits per heavy atom. The van der Waals surface area contributed by atoms with Gasteiger partial charge in [-0.3, -0.25) is 48.6 Å². The van der Waals surface area contributed by atoms with E-state index in [4.69, 9.17) is 4.55 Å². The Balaban J connectivity index is 0.000000870. The van der Waals surface area contributed by atoms with Gasteiger partial charge in [-0.2, -0.15) is 8.42 Å². The number of imide groups is 2. The SMILES string of the molecule is CS(=O)(=O)O.C[C@H](CNCCNC[C@@H](C)N1C(=O)c2cccc3c2c(cc2cccnc23)C1=O)N1C(=O)c2cccc3cc([N+](=O)[O-])cc(c23)C1=O. The Bertz CT molecular complexity index is 2430. The Labute approximate surface area is 297 Å². The molecule has 3 heterocycles. The number of amides is 4. The fourth-order valence-electron chi connectivity index (χ4n) is 6.72. The van der Waals surface area contributed by atoms with Gasteiger partial charge in [0, 0.05) is 94.8 Å². The predicted molar refractivity (Wildman–Crippen MR) is 193 cm³/mol. The summed E-state index contributed by atoms with van der Waals surface area (Å²) in [5, 5.41) is 21.2. The maximum absolute atomic E-state index is 13.7. The van der Waals surface area contributed by atoms with Gasteiger partial charge >= 0.3 is 0 Å². The van der Waals surface area contributed by atoms with Crippen LogP contribution in [0.25, 0.3) is 32.4 Å². The third kappa shape index (κ3) is 6.83. The van der Waals surface area contributed by atoms with Gasteiger partial charge in [0.25, 0.3) is 39.4 Å². The van der Waals surface area contributed by atoms with Crippen molar-refractivity contribution in [2.24, 2.45) is 0 Å². The monoisotopic (exact) mass is 726 g/mol. The molecular weight excluding hydrogens is 692 g/mol. The second kappa shape index (κ2) is 14.1. The molecule has 2 aliphatic rings. The van der Waals surface area contributed by atoms with Crippen LogP contribution in [0.3, 0.4) is 0 Å². The number of carbonyl (C=O) groups excluding carboxylic acids is 4. The van der Waals surface area contributed by atoms with Crippen LogP contribution in [-0.4, -0.2) is 101 Å². The maximum Gasteiger partial charge on any atom is 0.270 e. The molecule has 5 aromatic rings. The van der Waals surface area contributed by atoms with Gasteiger partial charge < -0.3 is 10.6 Å². The van der Waals surface area contributed by atoms with Crippen LogP contribution in [0.4, 0.5) is 5.69 Å². The quantitative estimate of drug-likeness (QED) is 0.0469. The fourth-order valence-corrected chi connectivity index (χ4v) is 6.72. The first-order valence-corrected chi connectivity index (χ1v) is 18.1. The van der Waals surface area contributed by atoms with Crippen LogP contribution in [0.1, 0.15) is 55.3 Å². The van der Waals surface area contributed by atoms with Gasteiger partial charge in [0.15, 0.2) is 0 Å². The number of benzene rings is 4. The molecule has 7 rings (SSSR count). The number of nitrogens with zero attached hydrogens (tertiary/aromatic N) is 4. The Kier molecular flexibility index (Phi) is 9.83. The Hall–Kier alpha value is -5.68. The highest BCUT2D eigenvalue weighted by Gasteiger charge is 2.38. The van der Waals surface area contributed by atoms with Gasteiger partial charge in [-0.15, -0.1) is 0 Å². The van der Waals surface area contributed by atoms with Gasteiger partial charge in [0.05, 0.1) is 22.3 Å². The molecule has 0 aliphatic carbocycles. The molecule has 0 spiro atoms. The molecule has 0 bridgehead atoms. The minimum atomic E-state index is -3.67. The summed E-state index contributed by atoms with van der Waals surface area (Å²) in [6.45, 7) is 5.19. The standard InChI is InChI=1S/C35H30N6O6.CH4O3S/c1-19(39-32(42)25-9-3-6-21-14-23(41(46)47)16-28(29(21)25)35(39)45)17-36-12-13-37-18-20(2)40-33(43)26-10-4-8-24-30(26)27(34(40)44)15-22-7-5-11-38-31(22)24;1-5(2,3)4/h3-11,14-16,19-20,36-37H,12-13,17-18H2,1-2H3;1H3,(H,2,3,4)/t19-,20-;/m1./s1. The maximum atomic E-state index is 13.7. The number of nitro benzene ring substituents is 1. The van der Waals surface area contributed by atoms with Crippen molar-refractivity contribution in [2.75, 3.05) is 32.4 Å². The molecule has 4 aromatic carbocycles. The zero-order valence-electron chi connectivity index (χ0n) is 28.3. The van der Waals surface area contributed by atoms with Crippen LogP contribution in [0.2, 0.25) is 0 Å². The second-order valence-corrected chi connectivity index (χ2v) is 14.1. The summed E-state index contributed by atoms with van der Waals surface area (Å²) in [4.78, 5) is 71.8. The molecule has 2 aliphatic heterocycles. The average Bonchev–Trinajstić information content (AvgIpc) is 3.10. The highest BCUT2D eigenvalue weighted by atomic mass is 32.2. The van der Waals surface area contributed by atoms with Crippen molar-refractivity contribution in [1.29, 1.82) is 0 Å². The van der Waals surface area contributed by atoms with E-state index in [1.165, 1.54) is 17.0 Å². The molecular formula is C36H34N6O9S. The molecule has 4 amide bonds. The van der Waals surface area contributed by atoms with Crippen LogP contribution < -0.4 is 10.6 Å². The average molecular weight is 727 g/mol. The lowest BCUT2D eigenvalue weighted by molar-refractivity contribution is -0.384. The minimum absolute atomic E-state index is 0.137. The van der Waals surface area contributed by atoms with Crippen molar-refractivity contribution in [3.05, 3.63) is 105 Å². The highest BCUT2D eigenvalue weighted by molar-refractivity contribution is 7.85. The normalized spacial score (nSPS) is 15.2. The first-order chi connectivity index (χ1) is 24.7. The number of non-ortho nitro benzene ring substituents is 1. The first kappa shape index (κ1) is 36.1. The molecule has 0 fully saturated rings. The lowest BCUT2D eigenvalue weighted by Gasteiger charge is -2.32. The van der Waals surface area contributed by atoms with Crippen LogP contribution in [0, 0.1) is 10.1 Å². The van der Waals surface area contributed by atoms with Crippen molar-refractivity contribution in [3.8, 4) is 0 Å². The highest BCUT2D eigenvalue weighted by Crippen LogP contribution is 2.36. The molecule has 1 aromatic heterocycles. The zero-order chi connectivity index (χ0) is 37.5. The van der Waals surface area contributed by atoms with Gasteiger partial charge in [-0.05, 0) is 43.5 Å². The van der Waals surface area contributed by atoms with Crippen molar-refractivity contribution in [2.45, 2.75) is 25.9 Å². The number of rotatable bonds is 10. The van der Waals surface area contributed by atoms with E-state index >= 15 is 0 Å². The lowest BCUT2D eigenvalue weighted by Crippen LogP contribution is -2.51. The topological polar surface area (TPSA) is 209 Å². The summed E-state index contributed by atoms with van der Waals surface area (Å²) in [5.41, 5.74) is 1.96. The van der Waals surface area contributed by atoms with Crippen LogP contribution in [0.15, 0.2) is 72.9 Å². The molecule has 15 nitrogen and oxygen atoms in total. The van der Waals surface area contributed by atoms with E-state index in [1.807, 2.05) is 31.2 Å². The molecule has 0 saturated carbocycles. The Morgan fingerprint density at radius 2 is 1.25 bits per heavy atom. The zero-order valence-corrected chi connectivity index (χ0v) is 29.1. The number of hydrogen-bond donors (Lipinski definition) is 3. The first-order valence-electron chi connectivity index (χ1n) is 16.3. The van der Waals surface area contributed by atoms with Crippen molar-refractivity contribution in [1.82, 2.24) is 25.4 Å². The lowest BCUT2D eigenvalue weighted by atomic mass is 9.91. The number of aromatic nitrogens is 1. The van der Waals surface area contributed by atoms with E-state index in [0.29, 0.717) is 65.3 Å². The largest absolute Gasteiger partial charge is 0.313 e. The molecule has 268 valence electrons. The second-order valence-electron chi connectivity index (χ2n) is 12.7. The van der Waals surface area contributed by atoms with E-state index in [-0.39, 0.29) is 23.1 Å². The molecule has 3 N–H and O–H groups in total. The summed E-state index contributed by atoms with van der Waals surface area (Å²) < 4.78 is 25.9. The number of fused-ring (bicyclic) bond motifs is 2. The number of nitrogens with one attached hydrogen (secondary N) is 2. The molecule has 2 atom stereocenters. The number of carbonyl (C=O) groups is 4. The minimum Gasteiger partial charge on any atom is -0.313 e. The smallest absolute Gasteiger partial charge is 0.270 e. The van der Waals surface area contributed by atoms with E-state index in [2.05, 4.69) is 15.6 Å². The molecule has 0 saturated heterocycles. The van der Waals surface area contributed by atoms with Gasteiger partial charge in [0.2, 0.25) is 0 Å². The van der Waals surface area contributed by atoms with E-state index in [0.717, 1.165) is 21.2 Å². The summed E-state index contributed by atoms with van der Waals surface area (Å²) in [6.07, 6.45) is 2.41.